The van der Waals surface area contributed by atoms with Gasteiger partial charge in [0.25, 0.3) is 0 Å². The van der Waals surface area contributed by atoms with Crippen LogP contribution in [0.3, 0.4) is 0 Å². The van der Waals surface area contributed by atoms with Crippen LogP contribution >= 0.6 is 0 Å². The van der Waals surface area contributed by atoms with Gasteiger partial charge in [-0.05, 0) is 30.7 Å². The maximum absolute atomic E-state index is 13.7. The Balaban J connectivity index is 1.81. The largest absolute Gasteiger partial charge is 0.373 e. The zero-order chi connectivity index (χ0) is 14.8. The second-order valence-electron chi connectivity index (χ2n) is 5.13. The maximum Gasteiger partial charge on any atom is 0.146 e. The van der Waals surface area contributed by atoms with Crippen molar-refractivity contribution in [3.8, 4) is 0 Å². The summed E-state index contributed by atoms with van der Waals surface area (Å²) in [7, 11) is 0. The highest BCUT2D eigenvalue weighted by Gasteiger charge is 2.15. The molecule has 0 bridgehead atoms. The van der Waals surface area contributed by atoms with Crippen LogP contribution in [0.15, 0.2) is 54.6 Å². The van der Waals surface area contributed by atoms with Gasteiger partial charge in [0.05, 0.1) is 5.69 Å². The second-order valence-corrected chi connectivity index (χ2v) is 5.13. The fourth-order valence-corrected chi connectivity index (χ4v) is 2.45. The van der Waals surface area contributed by atoms with E-state index in [1.54, 1.807) is 18.2 Å². The smallest absolute Gasteiger partial charge is 0.146 e. The molecule has 1 aromatic heterocycles. The number of hydrogen-bond donors (Lipinski definition) is 3. The molecule has 0 aliphatic carbocycles. The van der Waals surface area contributed by atoms with Gasteiger partial charge in [-0.15, -0.1) is 0 Å². The minimum atomic E-state index is -0.882. The van der Waals surface area contributed by atoms with E-state index >= 15 is 0 Å². The molecule has 3 aromatic rings. The summed E-state index contributed by atoms with van der Waals surface area (Å²) in [5, 5.41) is 13.9. The molecule has 3 nitrogen and oxygen atoms in total. The van der Waals surface area contributed by atoms with E-state index in [9.17, 15) is 9.50 Å². The normalized spacial score (nSPS) is 14.2. The molecule has 4 heteroatoms. The lowest BCUT2D eigenvalue weighted by Gasteiger charge is -2.18. The first-order valence-corrected chi connectivity index (χ1v) is 6.91. The van der Waals surface area contributed by atoms with E-state index in [-0.39, 0.29) is 11.9 Å². The number of hydrogen-bond acceptors (Lipinski definition) is 2. The number of halogens is 1. The first-order valence-electron chi connectivity index (χ1n) is 6.91. The molecule has 0 amide bonds. The fourth-order valence-electron chi connectivity index (χ4n) is 2.45. The maximum atomic E-state index is 13.7. The zero-order valence-corrected chi connectivity index (χ0v) is 11.7. The predicted molar refractivity (Wildman–Crippen MR) is 81.2 cm³/mol. The average Bonchev–Trinajstić information content (AvgIpc) is 2.94. The van der Waals surface area contributed by atoms with E-state index in [2.05, 4.69) is 10.3 Å². The van der Waals surface area contributed by atoms with Crippen LogP contribution in [0.25, 0.3) is 10.9 Å². The molecule has 2 aromatic carbocycles. The van der Waals surface area contributed by atoms with Gasteiger partial charge in [-0.3, -0.25) is 5.32 Å². The molecular weight excluding hydrogens is 267 g/mol. The molecule has 3 N–H and O–H groups in total. The topological polar surface area (TPSA) is 48.0 Å². The summed E-state index contributed by atoms with van der Waals surface area (Å²) in [5.74, 6) is -0.293. The number of benzene rings is 2. The molecular formula is C17H17FN2O. The van der Waals surface area contributed by atoms with E-state index in [1.807, 2.05) is 37.3 Å². The quantitative estimate of drug-likeness (QED) is 0.640. The van der Waals surface area contributed by atoms with E-state index in [4.69, 9.17) is 0 Å². The van der Waals surface area contributed by atoms with Crippen LogP contribution in [-0.2, 0) is 0 Å². The molecule has 0 fully saturated rings. The van der Waals surface area contributed by atoms with E-state index in [0.29, 0.717) is 16.6 Å². The summed E-state index contributed by atoms with van der Waals surface area (Å²) >= 11 is 0. The first kappa shape index (κ1) is 13.8. The van der Waals surface area contributed by atoms with Gasteiger partial charge >= 0.3 is 0 Å². The predicted octanol–water partition coefficient (Wildman–Crippen LogP) is 3.65. The van der Waals surface area contributed by atoms with Crippen LogP contribution in [0.2, 0.25) is 0 Å². The number of aliphatic hydroxyl groups excluding tert-OH is 1. The highest BCUT2D eigenvalue weighted by atomic mass is 19.1. The van der Waals surface area contributed by atoms with Crippen LogP contribution in [0.1, 0.15) is 30.5 Å². The Bertz CT molecular complexity index is 739. The molecule has 1 unspecified atom stereocenters. The van der Waals surface area contributed by atoms with Crippen molar-refractivity contribution >= 4 is 10.9 Å². The van der Waals surface area contributed by atoms with Crippen LogP contribution in [0.5, 0.6) is 0 Å². The Labute approximate surface area is 122 Å². The summed E-state index contributed by atoms with van der Waals surface area (Å²) in [4.78, 5) is 3.04. The molecule has 1 heterocycles. The van der Waals surface area contributed by atoms with Crippen molar-refractivity contribution in [2.45, 2.75) is 19.2 Å². The van der Waals surface area contributed by atoms with Crippen LogP contribution in [0, 0.1) is 5.82 Å². The molecule has 0 aliphatic heterocycles. The van der Waals surface area contributed by atoms with Crippen LogP contribution in [-0.4, -0.2) is 10.1 Å². The van der Waals surface area contributed by atoms with Crippen LogP contribution < -0.4 is 5.32 Å². The first-order chi connectivity index (χ1) is 10.1. The molecule has 0 saturated heterocycles. The van der Waals surface area contributed by atoms with Gasteiger partial charge in [0, 0.05) is 16.9 Å². The van der Waals surface area contributed by atoms with Crippen molar-refractivity contribution in [1.82, 2.24) is 10.3 Å². The Morgan fingerprint density at radius 2 is 1.86 bits per heavy atom. The summed E-state index contributed by atoms with van der Waals surface area (Å²) < 4.78 is 13.7. The minimum Gasteiger partial charge on any atom is -0.373 e. The number of aromatic nitrogens is 1. The summed E-state index contributed by atoms with van der Waals surface area (Å²) in [6.45, 7) is 1.97. The van der Waals surface area contributed by atoms with Gasteiger partial charge < -0.3 is 10.1 Å². The molecule has 2 atom stereocenters. The number of aliphatic hydroxyl groups is 1. The van der Waals surface area contributed by atoms with Crippen molar-refractivity contribution < 1.29 is 9.50 Å². The summed E-state index contributed by atoms with van der Waals surface area (Å²) in [6.07, 6.45) is -0.882. The number of fused-ring (bicyclic) bond motifs is 1. The van der Waals surface area contributed by atoms with E-state index in [1.165, 1.54) is 6.07 Å². The lowest BCUT2D eigenvalue weighted by molar-refractivity contribution is 0.122. The fraction of sp³-hybridized carbons (Fsp3) is 0.176. The van der Waals surface area contributed by atoms with E-state index in [0.717, 1.165) is 5.56 Å². The highest BCUT2D eigenvalue weighted by Crippen LogP contribution is 2.23. The minimum absolute atomic E-state index is 0.0162. The molecule has 0 spiro atoms. The molecule has 0 saturated carbocycles. The third-order valence-electron chi connectivity index (χ3n) is 3.63. The second kappa shape index (κ2) is 5.68. The Morgan fingerprint density at radius 3 is 2.57 bits per heavy atom. The van der Waals surface area contributed by atoms with Crippen molar-refractivity contribution in [2.75, 3.05) is 0 Å². The average molecular weight is 284 g/mol. The third-order valence-corrected chi connectivity index (χ3v) is 3.63. The zero-order valence-electron chi connectivity index (χ0n) is 11.7. The highest BCUT2D eigenvalue weighted by molar-refractivity contribution is 5.81. The van der Waals surface area contributed by atoms with Crippen molar-refractivity contribution in [3.63, 3.8) is 0 Å². The Kier molecular flexibility index (Phi) is 3.73. The third kappa shape index (κ3) is 2.82. The lowest BCUT2D eigenvalue weighted by atomic mass is 10.1. The molecule has 108 valence electrons. The molecule has 21 heavy (non-hydrogen) atoms. The standard InChI is InChI=1S/C17H17FN2O/c1-11(12-6-3-2-4-7-12)19-17(21)16-10-13-14(18)8-5-9-15(13)20-16/h2-11,17,19-21H,1H3/t11-,17?/m0/s1. The van der Waals surface area contributed by atoms with Gasteiger partial charge in [0.1, 0.15) is 12.0 Å². The van der Waals surface area contributed by atoms with Gasteiger partial charge in [0.15, 0.2) is 0 Å². The Hall–Kier alpha value is -2.17. The molecule has 0 radical (unpaired) electrons. The van der Waals surface area contributed by atoms with Gasteiger partial charge in [-0.2, -0.15) is 0 Å². The number of aromatic amines is 1. The van der Waals surface area contributed by atoms with Crippen molar-refractivity contribution in [2.24, 2.45) is 0 Å². The number of nitrogens with one attached hydrogen (secondary N) is 2. The number of H-pyrrole nitrogens is 1. The van der Waals surface area contributed by atoms with Gasteiger partial charge in [-0.1, -0.05) is 36.4 Å². The number of rotatable bonds is 4. The SMILES string of the molecule is C[C@H](NC(O)c1cc2c(F)cccc2[nH]1)c1ccccc1. The molecule has 0 aliphatic rings. The van der Waals surface area contributed by atoms with Crippen LogP contribution in [0.4, 0.5) is 4.39 Å². The van der Waals surface area contributed by atoms with E-state index < -0.39 is 6.23 Å². The summed E-state index contributed by atoms with van der Waals surface area (Å²) in [5.41, 5.74) is 2.31. The molecule has 3 rings (SSSR count). The monoisotopic (exact) mass is 284 g/mol. The summed E-state index contributed by atoms with van der Waals surface area (Å²) in [6, 6.07) is 16.3. The van der Waals surface area contributed by atoms with Gasteiger partial charge in [-0.25, -0.2) is 4.39 Å². The van der Waals surface area contributed by atoms with Gasteiger partial charge in [0.2, 0.25) is 0 Å². The van der Waals surface area contributed by atoms with Crippen molar-refractivity contribution in [1.29, 1.82) is 0 Å². The lowest BCUT2D eigenvalue weighted by Crippen LogP contribution is -2.24. The van der Waals surface area contributed by atoms with Crippen molar-refractivity contribution in [3.05, 3.63) is 71.7 Å². The Morgan fingerprint density at radius 1 is 1.10 bits per heavy atom.